The Hall–Kier alpha value is -1.06. The third kappa shape index (κ3) is 1.82. The Morgan fingerprint density at radius 2 is 2.00 bits per heavy atom. The lowest BCUT2D eigenvalue weighted by atomic mass is 10.1. The number of aldehydes is 1. The molecule has 0 radical (unpaired) electrons. The van der Waals surface area contributed by atoms with E-state index >= 15 is 0 Å². The normalized spacial score (nSPS) is 9.69. The van der Waals surface area contributed by atoms with Crippen LogP contribution < -0.4 is 0 Å². The van der Waals surface area contributed by atoms with Crippen LogP contribution in [0.25, 0.3) is 0 Å². The summed E-state index contributed by atoms with van der Waals surface area (Å²) in [7, 11) is 0. The fourth-order valence-corrected chi connectivity index (χ4v) is 1.24. The molecule has 0 aliphatic rings. The molecule has 0 aliphatic heterocycles. The van der Waals surface area contributed by atoms with Gasteiger partial charge in [-0.05, 0) is 12.1 Å². The SMILES string of the molecule is O=Cc1c(C(=O)O)ccc(Cl)c1Cl. The summed E-state index contributed by atoms with van der Waals surface area (Å²) in [4.78, 5) is 21.1. The zero-order valence-electron chi connectivity index (χ0n) is 6.25. The van der Waals surface area contributed by atoms with Crippen LogP contribution in [0.4, 0.5) is 0 Å². The van der Waals surface area contributed by atoms with Crippen molar-refractivity contribution in [3.05, 3.63) is 33.3 Å². The highest BCUT2D eigenvalue weighted by molar-refractivity contribution is 6.43. The molecule has 1 rings (SSSR count). The fraction of sp³-hybridized carbons (Fsp3) is 0. The molecule has 0 atom stereocenters. The predicted molar refractivity (Wildman–Crippen MR) is 48.8 cm³/mol. The van der Waals surface area contributed by atoms with Crippen LogP contribution in [0.3, 0.4) is 0 Å². The number of carboxylic acid groups (broad SMARTS) is 1. The van der Waals surface area contributed by atoms with Crippen LogP contribution >= 0.6 is 23.2 Å². The van der Waals surface area contributed by atoms with E-state index in [-0.39, 0.29) is 21.2 Å². The number of halogens is 2. The highest BCUT2D eigenvalue weighted by Crippen LogP contribution is 2.27. The Bertz CT molecular complexity index is 374. The molecule has 0 aliphatic carbocycles. The Balaban J connectivity index is 3.47. The molecule has 5 heteroatoms. The summed E-state index contributed by atoms with van der Waals surface area (Å²) in [5.41, 5.74) is -0.244. The molecule has 1 aromatic carbocycles. The highest BCUT2D eigenvalue weighted by atomic mass is 35.5. The van der Waals surface area contributed by atoms with Gasteiger partial charge in [0.05, 0.1) is 15.6 Å². The second kappa shape index (κ2) is 3.77. The van der Waals surface area contributed by atoms with Gasteiger partial charge in [0.1, 0.15) is 0 Å². The molecule has 0 bridgehead atoms. The smallest absolute Gasteiger partial charge is 0.336 e. The maximum absolute atomic E-state index is 10.6. The number of carbonyl (C=O) groups is 2. The zero-order chi connectivity index (χ0) is 10.0. The zero-order valence-corrected chi connectivity index (χ0v) is 7.76. The maximum Gasteiger partial charge on any atom is 0.336 e. The number of hydrogen-bond acceptors (Lipinski definition) is 2. The van der Waals surface area contributed by atoms with Gasteiger partial charge >= 0.3 is 5.97 Å². The van der Waals surface area contributed by atoms with Crippen LogP contribution in [0.15, 0.2) is 12.1 Å². The van der Waals surface area contributed by atoms with E-state index in [9.17, 15) is 9.59 Å². The van der Waals surface area contributed by atoms with E-state index in [4.69, 9.17) is 28.3 Å². The van der Waals surface area contributed by atoms with Crippen LogP contribution in [-0.4, -0.2) is 17.4 Å². The molecular formula is C8H4Cl2O3. The van der Waals surface area contributed by atoms with Crippen molar-refractivity contribution < 1.29 is 14.7 Å². The topological polar surface area (TPSA) is 54.4 Å². The second-order valence-electron chi connectivity index (χ2n) is 2.25. The van der Waals surface area contributed by atoms with E-state index in [1.165, 1.54) is 12.1 Å². The summed E-state index contributed by atoms with van der Waals surface area (Å²) < 4.78 is 0. The van der Waals surface area contributed by atoms with Crippen LogP contribution in [0.5, 0.6) is 0 Å². The second-order valence-corrected chi connectivity index (χ2v) is 3.03. The van der Waals surface area contributed by atoms with Crippen molar-refractivity contribution in [1.82, 2.24) is 0 Å². The van der Waals surface area contributed by atoms with E-state index in [1.54, 1.807) is 0 Å². The van der Waals surface area contributed by atoms with E-state index in [1.807, 2.05) is 0 Å². The van der Waals surface area contributed by atoms with Gasteiger partial charge in [0.2, 0.25) is 0 Å². The molecule has 0 saturated carbocycles. The van der Waals surface area contributed by atoms with E-state index < -0.39 is 5.97 Å². The van der Waals surface area contributed by atoms with Gasteiger partial charge < -0.3 is 5.11 Å². The van der Waals surface area contributed by atoms with Gasteiger partial charge in [0.15, 0.2) is 6.29 Å². The summed E-state index contributed by atoms with van der Waals surface area (Å²) in [5, 5.41) is 8.78. The molecule has 0 heterocycles. The van der Waals surface area contributed by atoms with Gasteiger partial charge in [0.25, 0.3) is 0 Å². The first kappa shape index (κ1) is 10.0. The first-order valence-electron chi connectivity index (χ1n) is 3.24. The minimum atomic E-state index is -1.21. The van der Waals surface area contributed by atoms with Crippen LogP contribution in [0, 0.1) is 0 Å². The van der Waals surface area contributed by atoms with E-state index in [2.05, 4.69) is 0 Å². The first-order valence-corrected chi connectivity index (χ1v) is 4.00. The largest absolute Gasteiger partial charge is 0.478 e. The predicted octanol–water partition coefficient (Wildman–Crippen LogP) is 2.50. The minimum absolute atomic E-state index is 0.0310. The average molecular weight is 219 g/mol. The van der Waals surface area contributed by atoms with Gasteiger partial charge in [0, 0.05) is 5.56 Å². The van der Waals surface area contributed by atoms with Crippen molar-refractivity contribution in [2.45, 2.75) is 0 Å². The summed E-state index contributed by atoms with van der Waals surface area (Å²) >= 11 is 11.2. The van der Waals surface area contributed by atoms with E-state index in [0.717, 1.165) is 0 Å². The molecule has 1 aromatic rings. The first-order chi connectivity index (χ1) is 6.07. The van der Waals surface area contributed by atoms with Gasteiger partial charge in [-0.1, -0.05) is 23.2 Å². The fourth-order valence-electron chi connectivity index (χ4n) is 0.868. The summed E-state index contributed by atoms with van der Waals surface area (Å²) in [5.74, 6) is -1.21. The number of carboxylic acids is 1. The van der Waals surface area contributed by atoms with Crippen molar-refractivity contribution in [2.75, 3.05) is 0 Å². The van der Waals surface area contributed by atoms with Gasteiger partial charge in [-0.2, -0.15) is 0 Å². The Labute approximate surface area is 83.9 Å². The van der Waals surface area contributed by atoms with Crippen LogP contribution in [0.2, 0.25) is 10.0 Å². The summed E-state index contributed by atoms with van der Waals surface area (Å²) in [6.07, 6.45) is 0.373. The van der Waals surface area contributed by atoms with Crippen molar-refractivity contribution >= 4 is 35.5 Å². The lowest BCUT2D eigenvalue weighted by Gasteiger charge is -2.02. The molecule has 0 amide bonds. The number of hydrogen-bond donors (Lipinski definition) is 1. The molecule has 0 aromatic heterocycles. The summed E-state index contributed by atoms with van der Waals surface area (Å²) in [6, 6.07) is 2.57. The Morgan fingerprint density at radius 3 is 2.46 bits per heavy atom. The molecule has 3 nitrogen and oxygen atoms in total. The molecule has 0 saturated heterocycles. The van der Waals surface area contributed by atoms with Crippen molar-refractivity contribution in [1.29, 1.82) is 0 Å². The monoisotopic (exact) mass is 218 g/mol. The number of aromatic carboxylic acids is 1. The standard InChI is InChI=1S/C8H4Cl2O3/c9-6-2-1-4(8(12)13)5(3-11)7(6)10/h1-3H,(H,12,13). The number of benzene rings is 1. The molecule has 0 unspecified atom stereocenters. The van der Waals surface area contributed by atoms with E-state index in [0.29, 0.717) is 6.29 Å². The lowest BCUT2D eigenvalue weighted by Crippen LogP contribution is -2.02. The molecule has 68 valence electrons. The Morgan fingerprint density at radius 1 is 1.38 bits per heavy atom. The molecule has 13 heavy (non-hydrogen) atoms. The van der Waals surface area contributed by atoms with Crippen molar-refractivity contribution in [3.63, 3.8) is 0 Å². The molecule has 0 fully saturated rings. The molecule has 1 N–H and O–H groups in total. The lowest BCUT2D eigenvalue weighted by molar-refractivity contribution is 0.0694. The number of carbonyl (C=O) groups excluding carboxylic acids is 1. The third-order valence-corrected chi connectivity index (χ3v) is 2.30. The molecule has 0 spiro atoms. The highest BCUT2D eigenvalue weighted by Gasteiger charge is 2.14. The van der Waals surface area contributed by atoms with Crippen molar-refractivity contribution in [3.8, 4) is 0 Å². The Kier molecular flexibility index (Phi) is 2.90. The van der Waals surface area contributed by atoms with Gasteiger partial charge in [-0.15, -0.1) is 0 Å². The van der Waals surface area contributed by atoms with Crippen LogP contribution in [0.1, 0.15) is 20.7 Å². The summed E-state index contributed by atoms with van der Waals surface area (Å²) in [6.45, 7) is 0. The van der Waals surface area contributed by atoms with Crippen LogP contribution in [-0.2, 0) is 0 Å². The quantitative estimate of drug-likeness (QED) is 0.777. The van der Waals surface area contributed by atoms with Crippen molar-refractivity contribution in [2.24, 2.45) is 0 Å². The maximum atomic E-state index is 10.6. The minimum Gasteiger partial charge on any atom is -0.478 e. The number of rotatable bonds is 2. The van der Waals surface area contributed by atoms with Gasteiger partial charge in [-0.3, -0.25) is 4.79 Å². The average Bonchev–Trinajstić information content (AvgIpc) is 2.09. The van der Waals surface area contributed by atoms with Gasteiger partial charge in [-0.25, -0.2) is 4.79 Å². The third-order valence-electron chi connectivity index (χ3n) is 1.48. The molecular weight excluding hydrogens is 215 g/mol.